The smallest absolute Gasteiger partial charge is 0.344 e. The van der Waals surface area contributed by atoms with Gasteiger partial charge in [0.1, 0.15) is 5.75 Å². The third-order valence-corrected chi connectivity index (χ3v) is 5.81. The van der Waals surface area contributed by atoms with Crippen LogP contribution in [0.5, 0.6) is 5.75 Å². The quantitative estimate of drug-likeness (QED) is 0.520. The first-order chi connectivity index (χ1) is 13.8. The Labute approximate surface area is 179 Å². The number of carbonyl (C=O) groups excluding carboxylic acids is 1. The van der Waals surface area contributed by atoms with Crippen molar-refractivity contribution in [2.24, 2.45) is 0 Å². The van der Waals surface area contributed by atoms with Crippen LogP contribution in [-0.2, 0) is 9.59 Å². The van der Waals surface area contributed by atoms with E-state index in [1.807, 2.05) is 38.1 Å². The Morgan fingerprint density at radius 3 is 2.66 bits per heavy atom. The van der Waals surface area contributed by atoms with Gasteiger partial charge in [-0.15, -0.1) is 0 Å². The second-order valence-electron chi connectivity index (χ2n) is 6.70. The first-order valence-corrected chi connectivity index (χ1v) is 10.4. The van der Waals surface area contributed by atoms with Crippen molar-refractivity contribution in [1.82, 2.24) is 0 Å². The predicted molar refractivity (Wildman–Crippen MR) is 120 cm³/mol. The number of carboxylic acid groups (broad SMARTS) is 1. The molecule has 1 atom stereocenters. The molecule has 1 unspecified atom stereocenters. The Morgan fingerprint density at radius 2 is 2.00 bits per heavy atom. The highest BCUT2D eigenvalue weighted by atomic mass is 32.2. The van der Waals surface area contributed by atoms with Crippen molar-refractivity contribution in [3.8, 4) is 5.75 Å². The Bertz CT molecular complexity index is 1020. The van der Waals surface area contributed by atoms with Gasteiger partial charge in [0.05, 0.1) is 10.6 Å². The molecule has 2 aromatic rings. The van der Waals surface area contributed by atoms with Gasteiger partial charge >= 0.3 is 5.97 Å². The number of rotatable bonds is 6. The molecule has 0 radical (unpaired) electrons. The first-order valence-electron chi connectivity index (χ1n) is 9.15. The molecule has 1 fully saturated rings. The van der Waals surface area contributed by atoms with Crippen LogP contribution < -0.4 is 9.64 Å². The van der Waals surface area contributed by atoms with E-state index in [-0.39, 0.29) is 5.91 Å². The summed E-state index contributed by atoms with van der Waals surface area (Å²) < 4.78 is 6.12. The van der Waals surface area contributed by atoms with Crippen LogP contribution >= 0.6 is 24.0 Å². The maximum Gasteiger partial charge on any atom is 0.344 e. The second kappa shape index (κ2) is 8.80. The van der Waals surface area contributed by atoms with Crippen LogP contribution in [0.25, 0.3) is 6.08 Å². The molecule has 0 spiro atoms. The van der Waals surface area contributed by atoms with E-state index >= 15 is 0 Å². The predicted octanol–water partition coefficient (Wildman–Crippen LogP) is 4.95. The number of nitrogens with zero attached hydrogens (tertiary/aromatic N) is 1. The number of aliphatic carboxylic acids is 1. The SMILES string of the molecule is CCC(Oc1ccccc1/C=C1/SC(=S)N(c2ccc(C)cc2C)C1=O)C(=O)O. The minimum atomic E-state index is -1.02. The summed E-state index contributed by atoms with van der Waals surface area (Å²) in [5.41, 5.74) is 3.48. The average Bonchev–Trinajstić information content (AvgIpc) is 2.94. The maximum atomic E-state index is 13.1. The van der Waals surface area contributed by atoms with Crippen molar-refractivity contribution in [2.75, 3.05) is 4.90 Å². The normalized spacial score (nSPS) is 16.4. The van der Waals surface area contributed by atoms with Crippen molar-refractivity contribution in [3.05, 3.63) is 64.1 Å². The third-order valence-electron chi connectivity index (χ3n) is 4.51. The number of carboxylic acids is 1. The molecule has 3 rings (SSSR count). The Kier molecular flexibility index (Phi) is 6.39. The van der Waals surface area contributed by atoms with Crippen LogP contribution in [0.2, 0.25) is 0 Å². The van der Waals surface area contributed by atoms with Gasteiger partial charge in [0.25, 0.3) is 5.91 Å². The molecular weight excluding hydrogens is 406 g/mol. The Balaban J connectivity index is 1.93. The van der Waals surface area contributed by atoms with Gasteiger partial charge < -0.3 is 9.84 Å². The van der Waals surface area contributed by atoms with Gasteiger partial charge in [-0.05, 0) is 44.0 Å². The second-order valence-corrected chi connectivity index (χ2v) is 8.37. The molecule has 29 heavy (non-hydrogen) atoms. The van der Waals surface area contributed by atoms with E-state index in [2.05, 4.69) is 0 Å². The van der Waals surface area contributed by atoms with E-state index in [0.717, 1.165) is 16.8 Å². The summed E-state index contributed by atoms with van der Waals surface area (Å²) in [6.45, 7) is 5.69. The Hall–Kier alpha value is -2.64. The molecule has 0 aromatic heterocycles. The molecule has 1 aliphatic heterocycles. The molecule has 1 saturated heterocycles. The van der Waals surface area contributed by atoms with Gasteiger partial charge in [-0.1, -0.05) is 66.8 Å². The zero-order valence-electron chi connectivity index (χ0n) is 16.3. The third kappa shape index (κ3) is 4.52. The lowest BCUT2D eigenvalue weighted by atomic mass is 10.1. The van der Waals surface area contributed by atoms with Crippen LogP contribution in [0.4, 0.5) is 5.69 Å². The van der Waals surface area contributed by atoms with Gasteiger partial charge in [0.15, 0.2) is 10.4 Å². The highest BCUT2D eigenvalue weighted by molar-refractivity contribution is 8.27. The summed E-state index contributed by atoms with van der Waals surface area (Å²) in [5, 5.41) is 9.27. The van der Waals surface area contributed by atoms with E-state index < -0.39 is 12.1 Å². The molecule has 7 heteroatoms. The highest BCUT2D eigenvalue weighted by Gasteiger charge is 2.34. The number of hydrogen-bond acceptors (Lipinski definition) is 5. The summed E-state index contributed by atoms with van der Waals surface area (Å²) in [7, 11) is 0. The maximum absolute atomic E-state index is 13.1. The molecule has 1 amide bonds. The summed E-state index contributed by atoms with van der Waals surface area (Å²) in [4.78, 5) is 26.4. The zero-order valence-corrected chi connectivity index (χ0v) is 18.0. The summed E-state index contributed by atoms with van der Waals surface area (Å²) in [6, 6.07) is 12.9. The number of para-hydroxylation sites is 1. The van der Waals surface area contributed by atoms with Crippen molar-refractivity contribution in [3.63, 3.8) is 0 Å². The largest absolute Gasteiger partial charge is 0.479 e. The minimum Gasteiger partial charge on any atom is -0.479 e. The number of amides is 1. The standard InChI is InChI=1S/C22H21NO4S2/c1-4-17(21(25)26)27-18-8-6-5-7-15(18)12-19-20(24)23(22(28)29-19)16-10-9-13(2)11-14(16)3/h5-12,17H,4H2,1-3H3,(H,25,26)/b19-12+. The highest BCUT2D eigenvalue weighted by Crippen LogP contribution is 2.38. The van der Waals surface area contributed by atoms with Gasteiger partial charge in [0.2, 0.25) is 0 Å². The van der Waals surface area contributed by atoms with E-state index in [0.29, 0.717) is 27.0 Å². The molecule has 150 valence electrons. The number of thiocarbonyl (C=S) groups is 1. The Morgan fingerprint density at radius 1 is 1.28 bits per heavy atom. The molecular formula is C22H21NO4S2. The topological polar surface area (TPSA) is 66.8 Å². The number of carbonyl (C=O) groups is 2. The summed E-state index contributed by atoms with van der Waals surface area (Å²) in [5.74, 6) is -0.811. The monoisotopic (exact) mass is 427 g/mol. The molecule has 0 aliphatic carbocycles. The van der Waals surface area contributed by atoms with Crippen LogP contribution in [0.15, 0.2) is 47.4 Å². The molecule has 1 heterocycles. The number of ether oxygens (including phenoxy) is 1. The molecule has 0 bridgehead atoms. The molecule has 0 saturated carbocycles. The average molecular weight is 428 g/mol. The lowest BCUT2D eigenvalue weighted by Gasteiger charge is -2.17. The van der Waals surface area contributed by atoms with E-state index in [9.17, 15) is 14.7 Å². The summed E-state index contributed by atoms with van der Waals surface area (Å²) in [6.07, 6.45) is 1.08. The van der Waals surface area contributed by atoms with Gasteiger partial charge in [-0.25, -0.2) is 4.79 Å². The molecule has 2 aromatic carbocycles. The number of aryl methyl sites for hydroxylation is 2. The van der Waals surface area contributed by atoms with Gasteiger partial charge in [-0.2, -0.15) is 0 Å². The van der Waals surface area contributed by atoms with E-state index in [4.69, 9.17) is 17.0 Å². The number of thioether (sulfide) groups is 1. The van der Waals surface area contributed by atoms with Crippen molar-refractivity contribution < 1.29 is 19.4 Å². The van der Waals surface area contributed by atoms with Crippen LogP contribution in [0.3, 0.4) is 0 Å². The fourth-order valence-corrected chi connectivity index (χ4v) is 4.32. The van der Waals surface area contributed by atoms with Crippen LogP contribution in [0, 0.1) is 13.8 Å². The van der Waals surface area contributed by atoms with Gasteiger partial charge in [0, 0.05) is 5.56 Å². The lowest BCUT2D eigenvalue weighted by Crippen LogP contribution is -2.28. The molecule has 5 nitrogen and oxygen atoms in total. The number of hydrogen-bond donors (Lipinski definition) is 1. The van der Waals surface area contributed by atoms with E-state index in [1.165, 1.54) is 16.7 Å². The van der Waals surface area contributed by atoms with E-state index in [1.54, 1.807) is 31.2 Å². The fourth-order valence-electron chi connectivity index (χ4n) is 3.04. The molecule has 1 N–H and O–H groups in total. The lowest BCUT2D eigenvalue weighted by molar-refractivity contribution is -0.145. The summed E-state index contributed by atoms with van der Waals surface area (Å²) >= 11 is 6.68. The zero-order chi connectivity index (χ0) is 21.1. The minimum absolute atomic E-state index is 0.202. The van der Waals surface area contributed by atoms with Crippen molar-refractivity contribution in [2.45, 2.75) is 33.3 Å². The number of benzene rings is 2. The number of anilines is 1. The van der Waals surface area contributed by atoms with Gasteiger partial charge in [-0.3, -0.25) is 9.69 Å². The van der Waals surface area contributed by atoms with Crippen molar-refractivity contribution >= 4 is 51.9 Å². The first kappa shape index (κ1) is 21.1. The van der Waals surface area contributed by atoms with Crippen LogP contribution in [0.1, 0.15) is 30.0 Å². The van der Waals surface area contributed by atoms with Crippen LogP contribution in [-0.4, -0.2) is 27.4 Å². The fraction of sp³-hybridized carbons (Fsp3) is 0.227. The molecule has 1 aliphatic rings. The van der Waals surface area contributed by atoms with Crippen molar-refractivity contribution in [1.29, 1.82) is 0 Å².